The van der Waals surface area contributed by atoms with Crippen molar-refractivity contribution in [3.05, 3.63) is 30.1 Å². The molecule has 1 aromatic carbocycles. The quantitative estimate of drug-likeness (QED) is 0.369. The molecule has 2 heterocycles. The van der Waals surface area contributed by atoms with Gasteiger partial charge in [0.1, 0.15) is 11.9 Å². The highest BCUT2D eigenvalue weighted by Gasteiger charge is 2.26. The molecule has 0 aliphatic rings. The number of rotatable bonds is 7. The zero-order chi connectivity index (χ0) is 20.3. The van der Waals surface area contributed by atoms with Gasteiger partial charge in [0, 0.05) is 5.39 Å². The summed E-state index contributed by atoms with van der Waals surface area (Å²) >= 11 is 1.25. The largest absolute Gasteiger partial charge is 0.467 e. The van der Waals surface area contributed by atoms with Crippen molar-refractivity contribution in [1.82, 2.24) is 24.9 Å². The molecule has 3 aromatic rings. The molecule has 28 heavy (non-hydrogen) atoms. The molecule has 2 aromatic heterocycles. The summed E-state index contributed by atoms with van der Waals surface area (Å²) in [5.41, 5.74) is 1.50. The standard InChI is InChI=1S/C19H23N5O3S/c1-5-11(2)16(18(26)27-4)22-15(25)10-28-19-21-14-9-7-6-8-13(14)17-20-12(3)23-24(17)19/h6-9,11,16H,5,10H2,1-4H3,(H,22,25)/t11-,16+/m1/s1. The number of methoxy groups -OCH3 is 1. The number of aromatic nitrogens is 4. The van der Waals surface area contributed by atoms with Gasteiger partial charge in [-0.3, -0.25) is 4.79 Å². The highest BCUT2D eigenvalue weighted by atomic mass is 32.2. The lowest BCUT2D eigenvalue weighted by Gasteiger charge is -2.21. The molecule has 2 atom stereocenters. The predicted octanol–water partition coefficient (Wildman–Crippen LogP) is 2.38. The van der Waals surface area contributed by atoms with Crippen LogP contribution >= 0.6 is 11.8 Å². The molecule has 9 heteroatoms. The van der Waals surface area contributed by atoms with Crippen LogP contribution in [0.15, 0.2) is 29.4 Å². The molecule has 3 rings (SSSR count). The lowest BCUT2D eigenvalue weighted by Crippen LogP contribution is -2.46. The summed E-state index contributed by atoms with van der Waals surface area (Å²) in [6.07, 6.45) is 0.748. The maximum Gasteiger partial charge on any atom is 0.328 e. The Hall–Kier alpha value is -2.68. The van der Waals surface area contributed by atoms with Crippen LogP contribution in [0.2, 0.25) is 0 Å². The van der Waals surface area contributed by atoms with Gasteiger partial charge < -0.3 is 10.1 Å². The Morgan fingerprint density at radius 2 is 2.04 bits per heavy atom. The summed E-state index contributed by atoms with van der Waals surface area (Å²) in [7, 11) is 1.32. The summed E-state index contributed by atoms with van der Waals surface area (Å²) in [5.74, 6) is 0.00632. The number of benzene rings is 1. The van der Waals surface area contributed by atoms with E-state index in [1.165, 1.54) is 18.9 Å². The number of esters is 1. The van der Waals surface area contributed by atoms with E-state index in [-0.39, 0.29) is 17.6 Å². The topological polar surface area (TPSA) is 98.5 Å². The molecular weight excluding hydrogens is 378 g/mol. The van der Waals surface area contributed by atoms with E-state index in [0.29, 0.717) is 16.6 Å². The zero-order valence-electron chi connectivity index (χ0n) is 16.3. The molecule has 1 amide bonds. The van der Waals surface area contributed by atoms with E-state index in [1.54, 1.807) is 4.52 Å². The zero-order valence-corrected chi connectivity index (χ0v) is 17.1. The van der Waals surface area contributed by atoms with Gasteiger partial charge in [0.2, 0.25) is 5.91 Å². The summed E-state index contributed by atoms with van der Waals surface area (Å²) < 4.78 is 6.47. The number of carbonyl (C=O) groups excluding carboxylic acids is 2. The number of ether oxygens (including phenoxy) is 1. The van der Waals surface area contributed by atoms with Crippen LogP contribution in [0, 0.1) is 12.8 Å². The van der Waals surface area contributed by atoms with Crippen LogP contribution in [0.5, 0.6) is 0 Å². The lowest BCUT2D eigenvalue weighted by molar-refractivity contribution is -0.146. The van der Waals surface area contributed by atoms with Crippen LogP contribution in [0.4, 0.5) is 0 Å². The SMILES string of the molecule is CC[C@@H](C)[C@H](NC(=O)CSc1nc2ccccc2c2nc(C)nn12)C(=O)OC. The van der Waals surface area contributed by atoms with E-state index in [1.807, 2.05) is 45.0 Å². The van der Waals surface area contributed by atoms with Crippen LogP contribution in [-0.2, 0) is 14.3 Å². The number of para-hydroxylation sites is 1. The molecule has 0 aliphatic heterocycles. The Bertz CT molecular complexity index is 1020. The Labute approximate surface area is 167 Å². The van der Waals surface area contributed by atoms with Crippen molar-refractivity contribution < 1.29 is 14.3 Å². The number of thioether (sulfide) groups is 1. The van der Waals surface area contributed by atoms with Crippen molar-refractivity contribution in [2.75, 3.05) is 12.9 Å². The molecule has 8 nitrogen and oxygen atoms in total. The maximum absolute atomic E-state index is 12.5. The second-order valence-corrected chi connectivity index (χ2v) is 7.49. The van der Waals surface area contributed by atoms with Gasteiger partial charge in [-0.2, -0.15) is 4.52 Å². The summed E-state index contributed by atoms with van der Waals surface area (Å²) in [6.45, 7) is 5.68. The molecule has 0 saturated carbocycles. The third-order valence-corrected chi connectivity index (χ3v) is 5.50. The first-order valence-electron chi connectivity index (χ1n) is 9.06. The van der Waals surface area contributed by atoms with Gasteiger partial charge in [-0.25, -0.2) is 14.8 Å². The minimum absolute atomic E-state index is 0.0233. The molecule has 0 spiro atoms. The van der Waals surface area contributed by atoms with E-state index >= 15 is 0 Å². The number of fused-ring (bicyclic) bond motifs is 3. The number of aryl methyl sites for hydroxylation is 1. The van der Waals surface area contributed by atoms with E-state index < -0.39 is 12.0 Å². The highest BCUT2D eigenvalue weighted by molar-refractivity contribution is 7.99. The van der Waals surface area contributed by atoms with Crippen LogP contribution in [0.1, 0.15) is 26.1 Å². The second kappa shape index (κ2) is 8.55. The first-order chi connectivity index (χ1) is 13.4. The third-order valence-electron chi connectivity index (χ3n) is 4.57. The maximum atomic E-state index is 12.5. The number of carbonyl (C=O) groups is 2. The smallest absolute Gasteiger partial charge is 0.328 e. The van der Waals surface area contributed by atoms with Crippen molar-refractivity contribution >= 4 is 40.2 Å². The second-order valence-electron chi connectivity index (χ2n) is 6.55. The molecule has 148 valence electrons. The predicted molar refractivity (Wildman–Crippen MR) is 107 cm³/mol. The third kappa shape index (κ3) is 4.09. The molecule has 0 unspecified atom stereocenters. The van der Waals surface area contributed by atoms with E-state index in [4.69, 9.17) is 4.74 Å². The molecular formula is C19H23N5O3S. The minimum Gasteiger partial charge on any atom is -0.467 e. The fraction of sp³-hybridized carbons (Fsp3) is 0.421. The van der Waals surface area contributed by atoms with Gasteiger partial charge in [0.15, 0.2) is 10.8 Å². The van der Waals surface area contributed by atoms with Crippen LogP contribution < -0.4 is 5.32 Å². The first kappa shape index (κ1) is 20.1. The van der Waals surface area contributed by atoms with Gasteiger partial charge in [0.25, 0.3) is 0 Å². The summed E-state index contributed by atoms with van der Waals surface area (Å²) in [5, 5.41) is 8.65. The van der Waals surface area contributed by atoms with E-state index in [2.05, 4.69) is 20.4 Å². The number of hydrogen-bond donors (Lipinski definition) is 1. The van der Waals surface area contributed by atoms with E-state index in [0.717, 1.165) is 17.3 Å². The normalized spacial score (nSPS) is 13.4. The molecule has 0 radical (unpaired) electrons. The summed E-state index contributed by atoms with van der Waals surface area (Å²) in [4.78, 5) is 33.5. The van der Waals surface area contributed by atoms with Gasteiger partial charge in [-0.15, -0.1) is 5.10 Å². The number of nitrogens with zero attached hydrogens (tertiary/aromatic N) is 4. The van der Waals surface area contributed by atoms with Gasteiger partial charge in [0.05, 0.1) is 18.4 Å². The Balaban J connectivity index is 1.80. The highest BCUT2D eigenvalue weighted by Crippen LogP contribution is 2.23. The Kier molecular flexibility index (Phi) is 6.13. The average molecular weight is 401 g/mol. The summed E-state index contributed by atoms with van der Waals surface area (Å²) in [6, 6.07) is 7.01. The molecule has 0 aliphatic carbocycles. The lowest BCUT2D eigenvalue weighted by atomic mass is 9.99. The molecule has 0 fully saturated rings. The van der Waals surface area contributed by atoms with Gasteiger partial charge >= 0.3 is 5.97 Å². The molecule has 0 saturated heterocycles. The van der Waals surface area contributed by atoms with Crippen molar-refractivity contribution in [2.24, 2.45) is 5.92 Å². The van der Waals surface area contributed by atoms with Crippen molar-refractivity contribution in [1.29, 1.82) is 0 Å². The van der Waals surface area contributed by atoms with Crippen molar-refractivity contribution in [3.8, 4) is 0 Å². The van der Waals surface area contributed by atoms with Crippen molar-refractivity contribution in [2.45, 2.75) is 38.4 Å². The molecule has 0 bridgehead atoms. The Morgan fingerprint density at radius 3 is 2.75 bits per heavy atom. The number of amides is 1. The van der Waals surface area contributed by atoms with Crippen LogP contribution in [0.25, 0.3) is 16.6 Å². The number of hydrogen-bond acceptors (Lipinski definition) is 7. The first-order valence-corrected chi connectivity index (χ1v) is 10.0. The van der Waals surface area contributed by atoms with Crippen molar-refractivity contribution in [3.63, 3.8) is 0 Å². The minimum atomic E-state index is -0.665. The fourth-order valence-corrected chi connectivity index (χ4v) is 3.62. The monoisotopic (exact) mass is 401 g/mol. The molecule has 1 N–H and O–H groups in total. The van der Waals surface area contributed by atoms with Crippen LogP contribution in [-0.4, -0.2) is 50.4 Å². The van der Waals surface area contributed by atoms with Gasteiger partial charge in [-0.1, -0.05) is 44.2 Å². The van der Waals surface area contributed by atoms with E-state index in [9.17, 15) is 9.59 Å². The number of nitrogens with one attached hydrogen (secondary N) is 1. The van der Waals surface area contributed by atoms with Gasteiger partial charge in [-0.05, 0) is 25.0 Å². The fourth-order valence-electron chi connectivity index (χ4n) is 2.87. The Morgan fingerprint density at radius 1 is 1.29 bits per heavy atom. The average Bonchev–Trinajstić information content (AvgIpc) is 3.10. The van der Waals surface area contributed by atoms with Crippen LogP contribution in [0.3, 0.4) is 0 Å².